The Bertz CT molecular complexity index is 397. The molecule has 0 spiro atoms. The summed E-state index contributed by atoms with van der Waals surface area (Å²) >= 11 is 0. The molecule has 2 atom stereocenters. The van der Waals surface area contributed by atoms with Crippen molar-refractivity contribution in [2.75, 3.05) is 20.2 Å². The Morgan fingerprint density at radius 2 is 2.22 bits per heavy atom. The van der Waals surface area contributed by atoms with Gasteiger partial charge in [-0.05, 0) is 20.0 Å². The van der Waals surface area contributed by atoms with Crippen LogP contribution in [0.25, 0.3) is 0 Å². The smallest absolute Gasteiger partial charge is 0.339 e. The molecule has 2 unspecified atom stereocenters. The van der Waals surface area contributed by atoms with Crippen LogP contribution in [0.3, 0.4) is 0 Å². The molecule has 1 aromatic rings. The van der Waals surface area contributed by atoms with Crippen LogP contribution in [0.1, 0.15) is 28.9 Å². The molecule has 0 aliphatic heterocycles. The molecule has 0 radical (unpaired) electrons. The van der Waals surface area contributed by atoms with Gasteiger partial charge in [-0.1, -0.05) is 0 Å². The third-order valence-electron chi connectivity index (χ3n) is 2.39. The summed E-state index contributed by atoms with van der Waals surface area (Å²) in [5, 5.41) is 22.3. The topological polar surface area (TPSA) is 91.7 Å². The van der Waals surface area contributed by atoms with Crippen molar-refractivity contribution in [2.45, 2.75) is 19.1 Å². The van der Waals surface area contributed by atoms with E-state index in [1.54, 1.807) is 14.0 Å². The molecule has 0 aliphatic carbocycles. The number of aliphatic hydroxyl groups excluding tert-OH is 2. The van der Waals surface area contributed by atoms with Crippen molar-refractivity contribution in [3.8, 4) is 0 Å². The van der Waals surface area contributed by atoms with Gasteiger partial charge in [-0.15, -0.1) is 0 Å². The van der Waals surface area contributed by atoms with Gasteiger partial charge >= 0.3 is 5.97 Å². The highest BCUT2D eigenvalue weighted by Crippen LogP contribution is 2.17. The minimum absolute atomic E-state index is 0.241. The minimum atomic E-state index is -1.10. The van der Waals surface area contributed by atoms with E-state index in [0.29, 0.717) is 5.56 Å². The van der Waals surface area contributed by atoms with Crippen LogP contribution in [0.2, 0.25) is 0 Å². The van der Waals surface area contributed by atoms with Crippen molar-refractivity contribution >= 4 is 5.97 Å². The zero-order valence-electron chi connectivity index (χ0n) is 10.5. The van der Waals surface area contributed by atoms with Gasteiger partial charge in [0.2, 0.25) is 0 Å². The van der Waals surface area contributed by atoms with Crippen molar-refractivity contribution in [3.05, 3.63) is 29.6 Å². The van der Waals surface area contributed by atoms with Crippen LogP contribution in [0.4, 0.5) is 0 Å². The zero-order valence-corrected chi connectivity index (χ0v) is 10.5. The molecule has 0 bridgehead atoms. The predicted octanol–water partition coefficient (Wildman–Crippen LogP) is -0.128. The van der Waals surface area contributed by atoms with Crippen molar-refractivity contribution < 1.29 is 19.7 Å². The number of likely N-dealkylation sites (N-methyl/N-ethyl adjacent to an activating group) is 1. The van der Waals surface area contributed by atoms with Crippen LogP contribution in [0.15, 0.2) is 18.5 Å². The molecule has 0 saturated carbocycles. The monoisotopic (exact) mass is 254 g/mol. The Kier molecular flexibility index (Phi) is 5.70. The third-order valence-corrected chi connectivity index (χ3v) is 2.39. The normalized spacial score (nSPS) is 14.0. The van der Waals surface area contributed by atoms with E-state index < -0.39 is 18.2 Å². The molecule has 1 aromatic heterocycles. The van der Waals surface area contributed by atoms with Crippen LogP contribution >= 0.6 is 0 Å². The fourth-order valence-electron chi connectivity index (χ4n) is 1.49. The summed E-state index contributed by atoms with van der Waals surface area (Å²) in [7, 11) is 1.67. The molecule has 6 nitrogen and oxygen atoms in total. The lowest BCUT2D eigenvalue weighted by Gasteiger charge is -2.17. The average Bonchev–Trinajstić information content (AvgIpc) is 2.38. The fourth-order valence-corrected chi connectivity index (χ4v) is 1.49. The van der Waals surface area contributed by atoms with E-state index >= 15 is 0 Å². The van der Waals surface area contributed by atoms with Crippen LogP contribution in [-0.2, 0) is 4.74 Å². The maximum atomic E-state index is 11.5. The Morgan fingerprint density at radius 3 is 2.83 bits per heavy atom. The summed E-state index contributed by atoms with van der Waals surface area (Å²) in [6.07, 6.45) is 0.707. The molecule has 0 saturated heterocycles. The molecular weight excluding hydrogens is 236 g/mol. The summed E-state index contributed by atoms with van der Waals surface area (Å²) in [4.78, 5) is 15.4. The minimum Gasteiger partial charge on any atom is -0.462 e. The molecular formula is C12H18N2O4. The molecule has 3 N–H and O–H groups in total. The maximum Gasteiger partial charge on any atom is 0.339 e. The summed E-state index contributed by atoms with van der Waals surface area (Å²) in [6, 6.07) is 1.47. The quantitative estimate of drug-likeness (QED) is 0.613. The standard InChI is InChI=1S/C12H18N2O4/c1-3-18-12(17)9-4-8(5-14-6-9)11(16)10(15)7-13-2/h4-6,10-11,13,15-16H,3,7H2,1-2H3. The summed E-state index contributed by atoms with van der Waals surface area (Å²) in [5.41, 5.74) is 0.633. The first kappa shape index (κ1) is 14.6. The summed E-state index contributed by atoms with van der Waals surface area (Å²) in [5.74, 6) is -0.498. The van der Waals surface area contributed by atoms with E-state index in [1.807, 2.05) is 0 Å². The van der Waals surface area contributed by atoms with Gasteiger partial charge in [-0.2, -0.15) is 0 Å². The van der Waals surface area contributed by atoms with Crippen molar-refractivity contribution in [1.82, 2.24) is 10.3 Å². The first-order valence-corrected chi connectivity index (χ1v) is 5.73. The lowest BCUT2D eigenvalue weighted by Crippen LogP contribution is -2.29. The van der Waals surface area contributed by atoms with Gasteiger partial charge in [0.1, 0.15) is 6.10 Å². The average molecular weight is 254 g/mol. The van der Waals surface area contributed by atoms with Crippen LogP contribution in [-0.4, -0.2) is 47.5 Å². The van der Waals surface area contributed by atoms with Gasteiger partial charge in [0, 0.05) is 24.5 Å². The second-order valence-corrected chi connectivity index (χ2v) is 3.80. The lowest BCUT2D eigenvalue weighted by atomic mass is 10.0. The number of aliphatic hydroxyl groups is 2. The number of nitrogens with one attached hydrogen (secondary N) is 1. The molecule has 0 aliphatic rings. The van der Waals surface area contributed by atoms with E-state index in [0.717, 1.165) is 0 Å². The Hall–Kier alpha value is -1.50. The number of carbonyl (C=O) groups excluding carboxylic acids is 1. The molecule has 18 heavy (non-hydrogen) atoms. The largest absolute Gasteiger partial charge is 0.462 e. The van der Waals surface area contributed by atoms with Gasteiger partial charge in [0.25, 0.3) is 0 Å². The number of aromatic nitrogens is 1. The molecule has 1 heterocycles. The zero-order chi connectivity index (χ0) is 13.5. The third kappa shape index (κ3) is 3.76. The van der Waals surface area contributed by atoms with Gasteiger partial charge in [0.15, 0.2) is 0 Å². The fraction of sp³-hybridized carbons (Fsp3) is 0.500. The number of rotatable bonds is 6. The molecule has 6 heteroatoms. The number of ether oxygens (including phenoxy) is 1. The molecule has 0 amide bonds. The Balaban J connectivity index is 2.84. The second-order valence-electron chi connectivity index (χ2n) is 3.80. The number of hydrogen-bond acceptors (Lipinski definition) is 6. The highest BCUT2D eigenvalue weighted by molar-refractivity contribution is 5.89. The van der Waals surface area contributed by atoms with Crippen LogP contribution in [0, 0.1) is 0 Å². The predicted molar refractivity (Wildman–Crippen MR) is 65.1 cm³/mol. The van der Waals surface area contributed by atoms with Crippen molar-refractivity contribution in [2.24, 2.45) is 0 Å². The first-order valence-electron chi connectivity index (χ1n) is 5.73. The first-order chi connectivity index (χ1) is 8.60. The van der Waals surface area contributed by atoms with E-state index in [4.69, 9.17) is 4.74 Å². The highest BCUT2D eigenvalue weighted by Gasteiger charge is 2.19. The summed E-state index contributed by atoms with van der Waals surface area (Å²) < 4.78 is 4.84. The lowest BCUT2D eigenvalue weighted by molar-refractivity contribution is 0.0199. The number of pyridine rings is 1. The van der Waals surface area contributed by atoms with Crippen LogP contribution < -0.4 is 5.32 Å². The van der Waals surface area contributed by atoms with Crippen LogP contribution in [0.5, 0.6) is 0 Å². The van der Waals surface area contributed by atoms with E-state index in [2.05, 4.69) is 10.3 Å². The van der Waals surface area contributed by atoms with E-state index in [-0.39, 0.29) is 18.7 Å². The van der Waals surface area contributed by atoms with E-state index in [9.17, 15) is 15.0 Å². The Labute approximate surface area is 106 Å². The number of nitrogens with zero attached hydrogens (tertiary/aromatic N) is 1. The van der Waals surface area contributed by atoms with Gasteiger partial charge in [-0.25, -0.2) is 4.79 Å². The molecule has 0 fully saturated rings. The van der Waals surface area contributed by atoms with E-state index in [1.165, 1.54) is 18.5 Å². The SMILES string of the molecule is CCOC(=O)c1cncc(C(O)C(O)CNC)c1. The second kappa shape index (κ2) is 7.05. The van der Waals surface area contributed by atoms with Crippen molar-refractivity contribution in [3.63, 3.8) is 0 Å². The maximum absolute atomic E-state index is 11.5. The Morgan fingerprint density at radius 1 is 1.50 bits per heavy atom. The highest BCUT2D eigenvalue weighted by atomic mass is 16.5. The molecule has 1 rings (SSSR count). The molecule has 0 aromatic carbocycles. The number of carbonyl (C=O) groups is 1. The van der Waals surface area contributed by atoms with Gasteiger partial charge < -0.3 is 20.3 Å². The van der Waals surface area contributed by atoms with Gasteiger partial charge in [0.05, 0.1) is 18.3 Å². The molecule has 100 valence electrons. The summed E-state index contributed by atoms with van der Waals surface area (Å²) in [6.45, 7) is 2.22. The van der Waals surface area contributed by atoms with Crippen molar-refractivity contribution in [1.29, 1.82) is 0 Å². The number of esters is 1. The number of hydrogen-bond donors (Lipinski definition) is 3. The van der Waals surface area contributed by atoms with Gasteiger partial charge in [-0.3, -0.25) is 4.98 Å².